The Hall–Kier alpha value is -2.28. The summed E-state index contributed by atoms with van der Waals surface area (Å²) >= 11 is 5.83. The van der Waals surface area contributed by atoms with E-state index in [0.29, 0.717) is 12.1 Å². The molecule has 0 spiro atoms. The second-order valence-electron chi connectivity index (χ2n) is 7.97. The van der Waals surface area contributed by atoms with Gasteiger partial charge < -0.3 is 10.2 Å². The molecule has 1 fully saturated rings. The van der Waals surface area contributed by atoms with Gasteiger partial charge in [0.2, 0.25) is 0 Å². The maximum atomic E-state index is 5.83. The van der Waals surface area contributed by atoms with Gasteiger partial charge in [0.05, 0.1) is 5.52 Å². The SMILES string of the molecule is CCC(C)NC(=S)N(Cc1cc2cc(C)ccc2n2nnnc12)C1CCCC1. The minimum absolute atomic E-state index is 0.366. The number of nitrogens with one attached hydrogen (secondary N) is 1. The van der Waals surface area contributed by atoms with Gasteiger partial charge in [-0.15, -0.1) is 5.10 Å². The first-order chi connectivity index (χ1) is 13.6. The molecule has 3 aromatic rings. The lowest BCUT2D eigenvalue weighted by Crippen LogP contribution is -2.47. The second-order valence-corrected chi connectivity index (χ2v) is 8.36. The molecule has 148 valence electrons. The van der Waals surface area contributed by atoms with Gasteiger partial charge in [0.25, 0.3) is 0 Å². The van der Waals surface area contributed by atoms with Crippen molar-refractivity contribution >= 4 is 33.9 Å². The molecule has 1 unspecified atom stereocenters. The van der Waals surface area contributed by atoms with Gasteiger partial charge in [-0.1, -0.05) is 31.4 Å². The fraction of sp³-hybridized carbons (Fsp3) is 0.524. The molecular formula is C21H28N6S. The molecule has 0 amide bonds. The molecule has 1 saturated carbocycles. The maximum absolute atomic E-state index is 5.83. The summed E-state index contributed by atoms with van der Waals surface area (Å²) in [6.45, 7) is 7.19. The minimum atomic E-state index is 0.366. The van der Waals surface area contributed by atoms with Crippen LogP contribution in [0.25, 0.3) is 16.6 Å². The van der Waals surface area contributed by atoms with Crippen LogP contribution in [0.2, 0.25) is 0 Å². The molecule has 2 heterocycles. The molecule has 0 bridgehead atoms. The average Bonchev–Trinajstić information content (AvgIpc) is 3.37. The highest BCUT2D eigenvalue weighted by Crippen LogP contribution is 2.27. The van der Waals surface area contributed by atoms with E-state index in [1.54, 1.807) is 0 Å². The third kappa shape index (κ3) is 3.68. The normalized spacial score (nSPS) is 16.0. The molecule has 1 aliphatic carbocycles. The van der Waals surface area contributed by atoms with E-state index in [2.05, 4.69) is 70.8 Å². The van der Waals surface area contributed by atoms with Gasteiger partial charge in [-0.25, -0.2) is 0 Å². The lowest BCUT2D eigenvalue weighted by atomic mass is 10.1. The Kier molecular flexibility index (Phi) is 5.44. The Morgan fingerprint density at radius 3 is 2.86 bits per heavy atom. The number of rotatable bonds is 5. The third-order valence-electron chi connectivity index (χ3n) is 5.85. The number of thiocarbonyl (C=S) groups is 1. The number of hydrogen-bond acceptors (Lipinski definition) is 4. The Bertz CT molecular complexity index is 991. The van der Waals surface area contributed by atoms with Crippen LogP contribution in [0.4, 0.5) is 0 Å². The van der Waals surface area contributed by atoms with E-state index in [1.807, 2.05) is 4.52 Å². The summed E-state index contributed by atoms with van der Waals surface area (Å²) in [6, 6.07) is 9.44. The first-order valence-electron chi connectivity index (χ1n) is 10.2. The number of nitrogens with zero attached hydrogens (tertiary/aromatic N) is 5. The number of aromatic nitrogens is 4. The van der Waals surface area contributed by atoms with E-state index in [1.165, 1.54) is 31.2 Å². The van der Waals surface area contributed by atoms with E-state index >= 15 is 0 Å². The largest absolute Gasteiger partial charge is 0.360 e. The molecule has 4 rings (SSSR count). The van der Waals surface area contributed by atoms with Gasteiger partial charge in [0, 0.05) is 29.6 Å². The van der Waals surface area contributed by atoms with Crippen LogP contribution < -0.4 is 5.32 Å². The van der Waals surface area contributed by atoms with E-state index < -0.39 is 0 Å². The van der Waals surface area contributed by atoms with Crippen molar-refractivity contribution in [2.75, 3.05) is 0 Å². The molecule has 1 aromatic carbocycles. The van der Waals surface area contributed by atoms with Gasteiger partial charge in [-0.3, -0.25) is 0 Å². The summed E-state index contributed by atoms with van der Waals surface area (Å²) < 4.78 is 1.85. The topological polar surface area (TPSA) is 58.4 Å². The standard InChI is InChI=1S/C21H28N6S/c1-4-15(3)22-21(28)26(18-7-5-6-8-18)13-17-12-16-11-14(2)9-10-19(16)27-20(17)23-24-25-27/h9-12,15,18H,4-8,13H2,1-3H3,(H,22,28). The Morgan fingerprint density at radius 2 is 2.11 bits per heavy atom. The van der Waals surface area contributed by atoms with Crippen molar-refractivity contribution in [3.63, 3.8) is 0 Å². The zero-order chi connectivity index (χ0) is 19.7. The van der Waals surface area contributed by atoms with E-state index in [9.17, 15) is 0 Å². The number of fused-ring (bicyclic) bond motifs is 3. The lowest BCUT2D eigenvalue weighted by molar-refractivity contribution is 0.300. The Balaban J connectivity index is 1.73. The highest BCUT2D eigenvalue weighted by atomic mass is 32.1. The average molecular weight is 397 g/mol. The molecule has 1 atom stereocenters. The third-order valence-corrected chi connectivity index (χ3v) is 6.20. The maximum Gasteiger partial charge on any atom is 0.184 e. The van der Waals surface area contributed by atoms with Crippen LogP contribution in [0.15, 0.2) is 24.3 Å². The van der Waals surface area contributed by atoms with Crippen LogP contribution in [0, 0.1) is 6.92 Å². The van der Waals surface area contributed by atoms with Crippen molar-refractivity contribution in [1.29, 1.82) is 0 Å². The highest BCUT2D eigenvalue weighted by Gasteiger charge is 2.26. The summed E-state index contributed by atoms with van der Waals surface area (Å²) in [5.74, 6) is 0. The monoisotopic (exact) mass is 396 g/mol. The van der Waals surface area contributed by atoms with E-state index in [-0.39, 0.29) is 0 Å². The first-order valence-corrected chi connectivity index (χ1v) is 10.6. The smallest absolute Gasteiger partial charge is 0.184 e. The summed E-state index contributed by atoms with van der Waals surface area (Å²) in [7, 11) is 0. The van der Waals surface area contributed by atoms with Crippen molar-refractivity contribution in [3.05, 3.63) is 35.4 Å². The molecule has 28 heavy (non-hydrogen) atoms. The number of aryl methyl sites for hydroxylation is 1. The minimum Gasteiger partial charge on any atom is -0.360 e. The molecule has 0 saturated heterocycles. The van der Waals surface area contributed by atoms with Crippen LogP contribution in [0.3, 0.4) is 0 Å². The number of benzene rings is 1. The molecule has 0 aliphatic heterocycles. The van der Waals surface area contributed by atoms with Crippen molar-refractivity contribution in [2.24, 2.45) is 0 Å². The van der Waals surface area contributed by atoms with Crippen molar-refractivity contribution in [1.82, 2.24) is 30.3 Å². The summed E-state index contributed by atoms with van der Waals surface area (Å²) in [5, 5.41) is 18.0. The summed E-state index contributed by atoms with van der Waals surface area (Å²) in [5.41, 5.74) is 4.18. The van der Waals surface area contributed by atoms with Gasteiger partial charge in [0.1, 0.15) is 0 Å². The predicted octanol–water partition coefficient (Wildman–Crippen LogP) is 4.00. The Morgan fingerprint density at radius 1 is 1.32 bits per heavy atom. The fourth-order valence-electron chi connectivity index (χ4n) is 4.06. The van der Waals surface area contributed by atoms with Gasteiger partial charge in [0.15, 0.2) is 10.8 Å². The summed E-state index contributed by atoms with van der Waals surface area (Å²) in [6.07, 6.45) is 5.97. The van der Waals surface area contributed by atoms with E-state index in [0.717, 1.165) is 40.2 Å². The Labute approximate surface area is 171 Å². The molecule has 2 aromatic heterocycles. The highest BCUT2D eigenvalue weighted by molar-refractivity contribution is 7.80. The quantitative estimate of drug-likeness (QED) is 0.658. The molecule has 0 radical (unpaired) electrons. The van der Waals surface area contributed by atoms with Crippen LogP contribution in [-0.4, -0.2) is 42.1 Å². The van der Waals surface area contributed by atoms with Crippen LogP contribution in [0.5, 0.6) is 0 Å². The predicted molar refractivity (Wildman–Crippen MR) is 116 cm³/mol. The van der Waals surface area contributed by atoms with Crippen molar-refractivity contribution in [3.8, 4) is 0 Å². The van der Waals surface area contributed by atoms with Crippen molar-refractivity contribution in [2.45, 2.75) is 71.5 Å². The van der Waals surface area contributed by atoms with Gasteiger partial charge in [-0.05, 0) is 74.0 Å². The number of tetrazole rings is 1. The summed E-state index contributed by atoms with van der Waals surface area (Å²) in [4.78, 5) is 2.36. The van der Waals surface area contributed by atoms with Gasteiger partial charge >= 0.3 is 0 Å². The lowest BCUT2D eigenvalue weighted by Gasteiger charge is -2.33. The van der Waals surface area contributed by atoms with Crippen LogP contribution >= 0.6 is 12.2 Å². The zero-order valence-electron chi connectivity index (χ0n) is 16.9. The van der Waals surface area contributed by atoms with Crippen LogP contribution in [0.1, 0.15) is 57.1 Å². The number of pyridine rings is 1. The zero-order valence-corrected chi connectivity index (χ0v) is 17.7. The first kappa shape index (κ1) is 19.1. The number of hydrogen-bond donors (Lipinski definition) is 1. The van der Waals surface area contributed by atoms with Gasteiger partial charge in [-0.2, -0.15) is 4.52 Å². The second kappa shape index (κ2) is 7.99. The van der Waals surface area contributed by atoms with E-state index in [4.69, 9.17) is 12.2 Å². The molecular weight excluding hydrogens is 368 g/mol. The fourth-order valence-corrected chi connectivity index (χ4v) is 4.48. The molecule has 1 aliphatic rings. The molecule has 1 N–H and O–H groups in total. The van der Waals surface area contributed by atoms with Crippen LogP contribution in [-0.2, 0) is 6.54 Å². The molecule has 7 heteroatoms. The molecule has 6 nitrogen and oxygen atoms in total. The van der Waals surface area contributed by atoms with Crippen molar-refractivity contribution < 1.29 is 0 Å².